The predicted octanol–water partition coefficient (Wildman–Crippen LogP) is 5.98. The quantitative estimate of drug-likeness (QED) is 0.0205. The van der Waals surface area contributed by atoms with E-state index in [-0.39, 0.29) is 71.8 Å². The SMILES string of the molecule is CC(C)C[C@@H](NC(=O)[C@H](CCCN/C(N)=N/[N+](=O)[O-])NC(=O)C(CCCCCCCCN1C(=O)c2ccccc2C1=O)C1CCCC1)B1O[C@H]2CC3CC(C3(C)C)C2(C)O1. The van der Waals surface area contributed by atoms with E-state index < -0.39 is 29.7 Å². The smallest absolute Gasteiger partial charge is 0.404 e. The summed E-state index contributed by atoms with van der Waals surface area (Å²) in [6.45, 7) is 11.7. The zero-order valence-corrected chi connectivity index (χ0v) is 36.4. The third kappa shape index (κ3) is 10.3. The minimum atomic E-state index is -0.869. The van der Waals surface area contributed by atoms with Crippen molar-refractivity contribution in [3.8, 4) is 0 Å². The Morgan fingerprint density at radius 2 is 1.60 bits per heavy atom. The van der Waals surface area contributed by atoms with Gasteiger partial charge in [0.2, 0.25) is 11.8 Å². The number of imide groups is 1. The van der Waals surface area contributed by atoms with E-state index in [0.717, 1.165) is 83.5 Å². The fourth-order valence-electron chi connectivity index (χ4n) is 11.0. The maximum atomic E-state index is 14.3. The number of amides is 4. The number of carbonyl (C=O) groups is 4. The summed E-state index contributed by atoms with van der Waals surface area (Å²) in [7, 11) is -0.605. The van der Waals surface area contributed by atoms with Crippen molar-refractivity contribution in [3.63, 3.8) is 0 Å². The van der Waals surface area contributed by atoms with Crippen LogP contribution in [-0.2, 0) is 18.9 Å². The molecule has 7 atom stereocenters. The van der Waals surface area contributed by atoms with Gasteiger partial charge in [0.05, 0.1) is 28.8 Å². The summed E-state index contributed by atoms with van der Waals surface area (Å²) >= 11 is 0. The molecule has 2 heterocycles. The summed E-state index contributed by atoms with van der Waals surface area (Å²) in [4.78, 5) is 66.2. The molecule has 4 unspecified atom stereocenters. The Balaban J connectivity index is 1.04. The Kier molecular flexibility index (Phi) is 15.0. The number of rotatable bonds is 22. The Morgan fingerprint density at radius 1 is 0.950 bits per heavy atom. The number of nitrogens with one attached hydrogen (secondary N) is 3. The minimum Gasteiger partial charge on any atom is -0.404 e. The molecule has 60 heavy (non-hydrogen) atoms. The molecule has 4 aliphatic carbocycles. The molecule has 5 N–H and O–H groups in total. The fourth-order valence-corrected chi connectivity index (χ4v) is 11.0. The topological polar surface area (TPSA) is 208 Å². The maximum Gasteiger partial charge on any atom is 0.481 e. The maximum absolute atomic E-state index is 14.3. The molecule has 330 valence electrons. The lowest BCUT2D eigenvalue weighted by Gasteiger charge is -2.64. The lowest BCUT2D eigenvalue weighted by atomic mass is 9.43. The van der Waals surface area contributed by atoms with Crippen LogP contribution < -0.4 is 21.7 Å². The molecular formula is C44H68BN7O8. The van der Waals surface area contributed by atoms with Crippen LogP contribution in [0.25, 0.3) is 0 Å². The molecule has 1 aromatic carbocycles. The number of carbonyl (C=O) groups excluding carboxylic acids is 4. The molecule has 6 aliphatic rings. The first-order chi connectivity index (χ1) is 28.6. The molecule has 5 fully saturated rings. The number of hydrogen-bond donors (Lipinski definition) is 4. The Morgan fingerprint density at radius 3 is 2.23 bits per heavy atom. The third-order valence-corrected chi connectivity index (χ3v) is 14.5. The van der Waals surface area contributed by atoms with E-state index in [4.69, 9.17) is 15.0 Å². The molecule has 4 amide bonds. The number of hydrazone groups is 1. The van der Waals surface area contributed by atoms with E-state index in [1.54, 1.807) is 24.3 Å². The lowest BCUT2D eigenvalue weighted by Crippen LogP contribution is -2.65. The van der Waals surface area contributed by atoms with E-state index in [1.807, 2.05) is 0 Å². The Labute approximate surface area is 355 Å². The second-order valence-electron chi connectivity index (χ2n) is 19.3. The molecule has 7 rings (SSSR count). The highest BCUT2D eigenvalue weighted by Crippen LogP contribution is 2.65. The number of hydrogen-bond acceptors (Lipinski definition) is 8. The van der Waals surface area contributed by atoms with E-state index >= 15 is 0 Å². The van der Waals surface area contributed by atoms with Crippen LogP contribution in [0.15, 0.2) is 29.4 Å². The van der Waals surface area contributed by atoms with Crippen molar-refractivity contribution in [2.24, 2.45) is 45.8 Å². The van der Waals surface area contributed by atoms with Crippen molar-refractivity contribution >= 4 is 36.7 Å². The summed E-state index contributed by atoms with van der Waals surface area (Å²) < 4.78 is 13.4. The second kappa shape index (κ2) is 19.8. The van der Waals surface area contributed by atoms with Crippen molar-refractivity contribution < 1.29 is 33.5 Å². The number of nitrogens with two attached hydrogens (primary N) is 1. The van der Waals surface area contributed by atoms with Gasteiger partial charge in [0, 0.05) is 19.0 Å². The number of fused-ring (bicyclic) bond motifs is 1. The molecule has 15 nitrogen and oxygen atoms in total. The van der Waals surface area contributed by atoms with Crippen LogP contribution in [0.2, 0.25) is 0 Å². The minimum absolute atomic E-state index is 0.0318. The molecule has 0 aromatic heterocycles. The highest BCUT2D eigenvalue weighted by atomic mass is 16.7. The Hall–Kier alpha value is -4.05. The highest BCUT2D eigenvalue weighted by Gasteiger charge is 2.68. The molecule has 2 aliphatic heterocycles. The fraction of sp³-hybridized carbons (Fsp3) is 0.750. The van der Waals surface area contributed by atoms with E-state index in [2.05, 4.69) is 55.7 Å². The summed E-state index contributed by atoms with van der Waals surface area (Å²) in [6, 6.07) is 6.12. The van der Waals surface area contributed by atoms with Crippen molar-refractivity contribution in [2.75, 3.05) is 13.1 Å². The van der Waals surface area contributed by atoms with E-state index in [9.17, 15) is 29.3 Å². The molecule has 1 saturated heterocycles. The van der Waals surface area contributed by atoms with Crippen molar-refractivity contribution in [1.82, 2.24) is 20.9 Å². The zero-order valence-electron chi connectivity index (χ0n) is 36.4. The molecule has 0 radical (unpaired) electrons. The first-order valence-electron chi connectivity index (χ1n) is 22.7. The van der Waals surface area contributed by atoms with Crippen LogP contribution in [0.4, 0.5) is 0 Å². The van der Waals surface area contributed by atoms with Gasteiger partial charge < -0.3 is 31.0 Å². The normalized spacial score (nSPS) is 26.0. The zero-order chi connectivity index (χ0) is 43.2. The first-order valence-corrected chi connectivity index (χ1v) is 22.7. The molecular weight excluding hydrogens is 765 g/mol. The first kappa shape index (κ1) is 45.5. The van der Waals surface area contributed by atoms with Crippen molar-refractivity contribution in [1.29, 1.82) is 0 Å². The van der Waals surface area contributed by atoms with Gasteiger partial charge in [-0.25, -0.2) is 10.1 Å². The van der Waals surface area contributed by atoms with Gasteiger partial charge in [-0.3, -0.25) is 24.1 Å². The monoisotopic (exact) mass is 834 g/mol. The number of guanidine groups is 1. The molecule has 1 aromatic rings. The van der Waals surface area contributed by atoms with Gasteiger partial charge >= 0.3 is 7.12 Å². The molecule has 0 spiro atoms. The van der Waals surface area contributed by atoms with Gasteiger partial charge in [-0.1, -0.05) is 84.8 Å². The van der Waals surface area contributed by atoms with Gasteiger partial charge in [-0.05, 0) is 106 Å². The Bertz CT molecular complexity index is 1720. The molecule has 2 bridgehead atoms. The van der Waals surface area contributed by atoms with Gasteiger partial charge in [-0.15, -0.1) is 0 Å². The number of nitro groups is 1. The van der Waals surface area contributed by atoms with Crippen molar-refractivity contribution in [3.05, 3.63) is 45.5 Å². The van der Waals surface area contributed by atoms with Crippen LogP contribution in [0.1, 0.15) is 158 Å². The standard InChI is InChI=1S/C44H68BN7O8/c1-28(2)25-37(45-59-36-27-30-26-35(43(30,3)4)44(36,5)60-45)49-39(54)34(22-16-23-47-42(46)50-52(57)58)48-38(53)31(29-17-11-12-18-29)19-10-8-6-7-9-15-24-51-40(55)32-20-13-14-21-33(32)41(51)56/h13-14,20-21,28-31,34-37H,6-12,15-19,22-27H2,1-5H3,(H,48,53)(H,49,54)(H3,46,47,50)/t30?,31?,34-,35?,36-,37+,44?/m0/s1. The van der Waals surface area contributed by atoms with Crippen LogP contribution in [0.5, 0.6) is 0 Å². The average Bonchev–Trinajstić information content (AvgIpc) is 3.91. The van der Waals surface area contributed by atoms with Gasteiger partial charge in [-0.2, -0.15) is 0 Å². The summed E-state index contributed by atoms with van der Waals surface area (Å²) in [5.74, 6) is -0.330. The molecule has 16 heteroatoms. The van der Waals surface area contributed by atoms with Gasteiger partial charge in [0.25, 0.3) is 17.8 Å². The number of nitrogens with zero attached hydrogens (tertiary/aromatic N) is 3. The summed E-state index contributed by atoms with van der Waals surface area (Å²) in [6.07, 6.45) is 13.7. The van der Waals surface area contributed by atoms with Gasteiger partial charge in [0.1, 0.15) is 11.1 Å². The van der Waals surface area contributed by atoms with E-state index in [1.165, 1.54) is 4.90 Å². The summed E-state index contributed by atoms with van der Waals surface area (Å²) in [5, 5.41) is 22.2. The van der Waals surface area contributed by atoms with Crippen LogP contribution in [0.3, 0.4) is 0 Å². The van der Waals surface area contributed by atoms with Crippen LogP contribution in [-0.4, -0.2) is 83.4 Å². The van der Waals surface area contributed by atoms with Crippen LogP contribution >= 0.6 is 0 Å². The van der Waals surface area contributed by atoms with Gasteiger partial charge in [0.15, 0.2) is 5.03 Å². The third-order valence-electron chi connectivity index (χ3n) is 14.5. The largest absolute Gasteiger partial charge is 0.481 e. The van der Waals surface area contributed by atoms with E-state index in [0.29, 0.717) is 42.3 Å². The highest BCUT2D eigenvalue weighted by molar-refractivity contribution is 6.48. The van der Waals surface area contributed by atoms with Crippen molar-refractivity contribution in [2.45, 2.75) is 161 Å². The lowest BCUT2D eigenvalue weighted by molar-refractivity contribution is -0.485. The van der Waals surface area contributed by atoms with Crippen LogP contribution in [0, 0.1) is 45.1 Å². The summed E-state index contributed by atoms with van der Waals surface area (Å²) in [5.41, 5.74) is 6.36. The number of unbranched alkanes of at least 4 members (excludes halogenated alkanes) is 5. The average molecular weight is 834 g/mol. The second-order valence-corrected chi connectivity index (χ2v) is 19.3. The number of benzene rings is 1. The predicted molar refractivity (Wildman–Crippen MR) is 229 cm³/mol. The molecule has 4 saturated carbocycles.